The molecule has 0 radical (unpaired) electrons. The molecule has 0 fully saturated rings. The molecule has 1 aromatic heterocycles. The van der Waals surface area contributed by atoms with Crippen LogP contribution in [0.4, 0.5) is 10.5 Å². The first-order valence-corrected chi connectivity index (χ1v) is 10.1. The van der Waals surface area contributed by atoms with Crippen LogP contribution in [0, 0.1) is 0 Å². The largest absolute Gasteiger partial charge is 0.413 e. The molecule has 1 aliphatic rings. The lowest BCUT2D eigenvalue weighted by atomic mass is 10.0. The van der Waals surface area contributed by atoms with Gasteiger partial charge in [0.05, 0.1) is 0 Å². The number of benzene rings is 1. The zero-order valence-electron chi connectivity index (χ0n) is 16.7. The maximum absolute atomic E-state index is 12.7. The van der Waals surface area contributed by atoms with Crippen molar-refractivity contribution >= 4 is 40.7 Å². The number of hydrogen-bond donors (Lipinski definition) is 2. The first-order chi connectivity index (χ1) is 14.3. The smallest absolute Gasteiger partial charge is 0.320 e. The van der Waals surface area contributed by atoms with Gasteiger partial charge in [-0.2, -0.15) is 0 Å². The van der Waals surface area contributed by atoms with Crippen LogP contribution >= 0.6 is 11.3 Å². The van der Waals surface area contributed by atoms with E-state index in [1.165, 1.54) is 29.5 Å². The molecule has 3 rings (SSSR count). The molecule has 0 saturated carbocycles. The molecule has 3 amide bonds. The number of esters is 1. The molecule has 0 saturated heterocycles. The number of amides is 3. The minimum absolute atomic E-state index is 0.174. The molecular formula is C21H21N3O5S. The number of nitrogens with zero attached hydrogens (tertiary/aromatic N) is 1. The lowest BCUT2D eigenvalue weighted by Crippen LogP contribution is -2.54. The maximum Gasteiger partial charge on any atom is 0.320 e. The molecule has 1 atom stereocenters. The van der Waals surface area contributed by atoms with E-state index in [1.54, 1.807) is 19.2 Å². The molecule has 30 heavy (non-hydrogen) atoms. The topological polar surface area (TPSA) is 105 Å². The van der Waals surface area contributed by atoms with Gasteiger partial charge >= 0.3 is 12.0 Å². The fourth-order valence-corrected chi connectivity index (χ4v) is 3.81. The van der Waals surface area contributed by atoms with Crippen molar-refractivity contribution in [3.8, 4) is 16.2 Å². The molecule has 0 aliphatic carbocycles. The minimum atomic E-state index is -1.32. The van der Waals surface area contributed by atoms with E-state index in [9.17, 15) is 19.2 Å². The van der Waals surface area contributed by atoms with Crippen molar-refractivity contribution in [2.45, 2.75) is 26.3 Å². The van der Waals surface area contributed by atoms with Crippen LogP contribution in [0.2, 0.25) is 0 Å². The van der Waals surface area contributed by atoms with E-state index in [0.29, 0.717) is 16.8 Å². The van der Waals surface area contributed by atoms with E-state index in [0.717, 1.165) is 5.56 Å². The predicted octanol–water partition coefficient (Wildman–Crippen LogP) is 3.17. The summed E-state index contributed by atoms with van der Waals surface area (Å²) in [7, 11) is 1.51. The summed E-state index contributed by atoms with van der Waals surface area (Å²) >= 11 is 1.17. The highest BCUT2D eigenvalue weighted by molar-refractivity contribution is 7.13. The normalized spacial score (nSPS) is 16.2. The average molecular weight is 427 g/mol. The van der Waals surface area contributed by atoms with Gasteiger partial charge in [-0.25, -0.2) is 4.79 Å². The number of likely N-dealkylation sites (N-methyl/N-ethyl adjacent to an activating group) is 1. The third kappa shape index (κ3) is 4.41. The van der Waals surface area contributed by atoms with Crippen LogP contribution in [-0.4, -0.2) is 41.7 Å². The summed E-state index contributed by atoms with van der Waals surface area (Å²) in [5.74, 6) is -1.45. The molecule has 1 aliphatic heterocycles. The standard InChI is InChI=1S/C21H21N3O5S/c1-4-15(25)29-20-16(14(11-30-20)13-8-6-5-7-9-13)22-21(28)23-17-18(26)12(2)10-24(3)19(17)27/h5-11,17H,4H2,1-3H3,(H2,22,23,28)/t17-/m0/s1. The predicted molar refractivity (Wildman–Crippen MR) is 113 cm³/mol. The number of Topliss-reactive ketones (excluding diaryl/α,β-unsaturated/α-hetero) is 1. The van der Waals surface area contributed by atoms with E-state index in [-0.39, 0.29) is 11.5 Å². The molecule has 2 heterocycles. The summed E-state index contributed by atoms with van der Waals surface area (Å²) in [6.45, 7) is 3.24. The second-order valence-electron chi connectivity index (χ2n) is 6.66. The third-order valence-corrected chi connectivity index (χ3v) is 5.34. The molecule has 2 aromatic rings. The SMILES string of the molecule is CCC(=O)Oc1scc(-c2ccccc2)c1NC(=O)N[C@H]1C(=O)C(C)=CN(C)C1=O. The number of thiophene rings is 1. The van der Waals surface area contributed by atoms with E-state index in [1.807, 2.05) is 30.3 Å². The molecule has 9 heteroatoms. The van der Waals surface area contributed by atoms with Gasteiger partial charge in [0.1, 0.15) is 5.69 Å². The number of nitrogens with one attached hydrogen (secondary N) is 2. The highest BCUT2D eigenvalue weighted by Gasteiger charge is 2.35. The Kier molecular flexibility index (Phi) is 6.31. The molecule has 1 aromatic carbocycles. The number of urea groups is 1. The van der Waals surface area contributed by atoms with Crippen molar-refractivity contribution in [2.24, 2.45) is 0 Å². The zero-order valence-corrected chi connectivity index (χ0v) is 17.5. The van der Waals surface area contributed by atoms with Crippen molar-refractivity contribution in [1.29, 1.82) is 0 Å². The molecule has 8 nitrogen and oxygen atoms in total. The molecular weight excluding hydrogens is 406 g/mol. The van der Waals surface area contributed by atoms with Crippen molar-refractivity contribution < 1.29 is 23.9 Å². The Morgan fingerprint density at radius 1 is 1.20 bits per heavy atom. The number of hydrogen-bond acceptors (Lipinski definition) is 6. The van der Waals surface area contributed by atoms with Crippen LogP contribution in [-0.2, 0) is 14.4 Å². The molecule has 2 N–H and O–H groups in total. The van der Waals surface area contributed by atoms with Crippen LogP contribution < -0.4 is 15.4 Å². The minimum Gasteiger partial charge on any atom is -0.413 e. The van der Waals surface area contributed by atoms with Crippen LogP contribution in [0.3, 0.4) is 0 Å². The number of carbonyl (C=O) groups excluding carboxylic acids is 4. The Morgan fingerprint density at radius 2 is 1.90 bits per heavy atom. The summed E-state index contributed by atoms with van der Waals surface area (Å²) in [5, 5.41) is 7.06. The van der Waals surface area contributed by atoms with Gasteiger partial charge in [-0.05, 0) is 12.5 Å². The van der Waals surface area contributed by atoms with Gasteiger partial charge in [-0.3, -0.25) is 14.4 Å². The van der Waals surface area contributed by atoms with E-state index < -0.39 is 29.7 Å². The average Bonchev–Trinajstić information content (AvgIpc) is 3.12. The van der Waals surface area contributed by atoms with Crippen LogP contribution in [0.5, 0.6) is 5.06 Å². The first kappa shape index (κ1) is 21.3. The highest BCUT2D eigenvalue weighted by Crippen LogP contribution is 2.42. The Balaban J connectivity index is 1.87. The molecule has 0 spiro atoms. The second-order valence-corrected chi connectivity index (χ2v) is 7.50. The first-order valence-electron chi connectivity index (χ1n) is 9.26. The third-order valence-electron chi connectivity index (χ3n) is 4.48. The number of carbonyl (C=O) groups is 4. The van der Waals surface area contributed by atoms with Gasteiger partial charge < -0.3 is 20.3 Å². The monoisotopic (exact) mass is 427 g/mol. The van der Waals surface area contributed by atoms with E-state index >= 15 is 0 Å². The van der Waals surface area contributed by atoms with Gasteiger partial charge in [-0.1, -0.05) is 37.3 Å². The molecule has 156 valence electrons. The lowest BCUT2D eigenvalue weighted by molar-refractivity contribution is -0.136. The van der Waals surface area contributed by atoms with E-state index in [2.05, 4.69) is 10.6 Å². The van der Waals surface area contributed by atoms with Gasteiger partial charge in [0.25, 0.3) is 5.91 Å². The summed E-state index contributed by atoms with van der Waals surface area (Å²) < 4.78 is 5.35. The van der Waals surface area contributed by atoms with Gasteiger partial charge in [-0.15, -0.1) is 11.3 Å². The Labute approximate surface area is 177 Å². The summed E-state index contributed by atoms with van der Waals surface area (Å²) in [4.78, 5) is 50.4. The Bertz CT molecular complexity index is 1030. The summed E-state index contributed by atoms with van der Waals surface area (Å²) in [5.41, 5.74) is 2.12. The zero-order chi connectivity index (χ0) is 21.8. The number of ether oxygens (including phenoxy) is 1. The maximum atomic E-state index is 12.7. The van der Waals surface area contributed by atoms with Crippen molar-refractivity contribution in [1.82, 2.24) is 10.2 Å². The van der Waals surface area contributed by atoms with E-state index in [4.69, 9.17) is 4.74 Å². The summed E-state index contributed by atoms with van der Waals surface area (Å²) in [6.07, 6.45) is 1.60. The van der Waals surface area contributed by atoms with Crippen molar-refractivity contribution in [2.75, 3.05) is 12.4 Å². The number of rotatable bonds is 5. The molecule has 0 unspecified atom stereocenters. The van der Waals surface area contributed by atoms with Crippen molar-refractivity contribution in [3.63, 3.8) is 0 Å². The quantitative estimate of drug-likeness (QED) is 0.563. The van der Waals surface area contributed by atoms with Gasteiger partial charge in [0.15, 0.2) is 11.8 Å². The Morgan fingerprint density at radius 3 is 2.57 bits per heavy atom. The highest BCUT2D eigenvalue weighted by atomic mass is 32.1. The van der Waals surface area contributed by atoms with Crippen LogP contribution in [0.25, 0.3) is 11.1 Å². The fourth-order valence-electron chi connectivity index (χ4n) is 2.91. The van der Waals surface area contributed by atoms with Gasteiger partial charge in [0, 0.05) is 36.2 Å². The molecule has 0 bridgehead atoms. The Hall–Kier alpha value is -3.46. The van der Waals surface area contributed by atoms with Crippen molar-refractivity contribution in [3.05, 3.63) is 47.5 Å². The number of ketones is 1. The van der Waals surface area contributed by atoms with Gasteiger partial charge in [0.2, 0.25) is 5.06 Å². The second kappa shape index (κ2) is 8.91. The lowest BCUT2D eigenvalue weighted by Gasteiger charge is -2.26. The summed E-state index contributed by atoms with van der Waals surface area (Å²) in [6, 6.07) is 7.19. The van der Waals surface area contributed by atoms with Crippen LogP contribution in [0.15, 0.2) is 47.5 Å². The van der Waals surface area contributed by atoms with Crippen LogP contribution in [0.1, 0.15) is 20.3 Å². The fraction of sp³-hybridized carbons (Fsp3) is 0.238. The number of anilines is 1.